The van der Waals surface area contributed by atoms with Gasteiger partial charge in [0.2, 0.25) is 0 Å². The minimum absolute atomic E-state index is 0.163. The summed E-state index contributed by atoms with van der Waals surface area (Å²) in [5, 5.41) is 2.75. The maximum Gasteiger partial charge on any atom is 0.262 e. The Morgan fingerprint density at radius 3 is 2.34 bits per heavy atom. The van der Waals surface area contributed by atoms with Crippen LogP contribution in [0.2, 0.25) is 0 Å². The summed E-state index contributed by atoms with van der Waals surface area (Å²) in [7, 11) is 3.00. The maximum atomic E-state index is 13.2. The lowest BCUT2D eigenvalue weighted by Gasteiger charge is -2.21. The molecule has 3 aromatic rings. The van der Waals surface area contributed by atoms with Gasteiger partial charge >= 0.3 is 0 Å². The molecule has 180 valence electrons. The number of anilines is 1. The van der Waals surface area contributed by atoms with Crippen LogP contribution in [-0.2, 0) is 11.3 Å². The van der Waals surface area contributed by atoms with Crippen molar-refractivity contribution in [2.24, 2.45) is 0 Å². The van der Waals surface area contributed by atoms with E-state index < -0.39 is 0 Å². The molecule has 0 saturated heterocycles. The molecule has 0 aliphatic rings. The number of methoxy groups -OCH3 is 2. The summed E-state index contributed by atoms with van der Waals surface area (Å²) in [6.45, 7) is 2.30. The van der Waals surface area contributed by atoms with Crippen LogP contribution >= 0.6 is 0 Å². The van der Waals surface area contributed by atoms with E-state index in [-0.39, 0.29) is 25.0 Å². The molecule has 0 spiro atoms. The molecule has 7 heteroatoms. The second kappa shape index (κ2) is 12.1. The Labute approximate surface area is 205 Å². The molecular weight excluding hydrogens is 444 g/mol. The number of ether oxygens (including phenoxy) is 3. The minimum atomic E-state index is -0.366. The molecule has 0 saturated carbocycles. The van der Waals surface area contributed by atoms with Crippen LogP contribution in [0.15, 0.2) is 66.7 Å². The van der Waals surface area contributed by atoms with E-state index >= 15 is 0 Å². The fraction of sp³-hybridized carbons (Fsp3) is 0.214. The van der Waals surface area contributed by atoms with E-state index in [2.05, 4.69) is 11.2 Å². The minimum Gasteiger partial charge on any atom is -0.495 e. The smallest absolute Gasteiger partial charge is 0.262 e. The summed E-state index contributed by atoms with van der Waals surface area (Å²) in [5.74, 6) is 3.16. The van der Waals surface area contributed by atoms with Crippen LogP contribution in [0.1, 0.15) is 21.5 Å². The van der Waals surface area contributed by atoms with Gasteiger partial charge in [-0.2, -0.15) is 0 Å². The van der Waals surface area contributed by atoms with Crippen molar-refractivity contribution in [3.63, 3.8) is 0 Å². The highest BCUT2D eigenvalue weighted by Crippen LogP contribution is 2.29. The number of amides is 2. The van der Waals surface area contributed by atoms with Crippen LogP contribution in [0.4, 0.5) is 5.69 Å². The molecule has 0 radical (unpaired) electrons. The Balaban J connectivity index is 1.69. The Morgan fingerprint density at radius 1 is 0.943 bits per heavy atom. The average molecular weight is 473 g/mol. The predicted octanol–water partition coefficient (Wildman–Crippen LogP) is 4.31. The molecule has 0 atom stereocenters. The van der Waals surface area contributed by atoms with Crippen molar-refractivity contribution in [3.05, 3.63) is 83.4 Å². The Bertz CT molecular complexity index is 1210. The maximum absolute atomic E-state index is 13.2. The fourth-order valence-electron chi connectivity index (χ4n) is 3.40. The van der Waals surface area contributed by atoms with Gasteiger partial charge in [-0.1, -0.05) is 47.9 Å². The molecule has 7 nitrogen and oxygen atoms in total. The summed E-state index contributed by atoms with van der Waals surface area (Å²) < 4.78 is 16.3. The second-order valence-electron chi connectivity index (χ2n) is 7.75. The number of nitrogens with zero attached hydrogens (tertiary/aromatic N) is 1. The largest absolute Gasteiger partial charge is 0.495 e. The third-order valence-electron chi connectivity index (χ3n) is 5.21. The van der Waals surface area contributed by atoms with Gasteiger partial charge in [0.1, 0.15) is 5.75 Å². The number of carbonyl (C=O) groups excluding carboxylic acids is 2. The normalized spacial score (nSPS) is 10.1. The van der Waals surface area contributed by atoms with Crippen molar-refractivity contribution in [1.82, 2.24) is 4.90 Å². The van der Waals surface area contributed by atoms with Crippen LogP contribution < -0.4 is 19.5 Å². The number of benzene rings is 3. The lowest BCUT2D eigenvalue weighted by molar-refractivity contribution is -0.118. The summed E-state index contributed by atoms with van der Waals surface area (Å²) >= 11 is 0. The average Bonchev–Trinajstić information content (AvgIpc) is 2.88. The molecule has 3 rings (SSSR count). The summed E-state index contributed by atoms with van der Waals surface area (Å²) in [5.41, 5.74) is 3.06. The third kappa shape index (κ3) is 6.78. The Hall–Kier alpha value is -4.44. The highest BCUT2D eigenvalue weighted by Gasteiger charge is 2.18. The molecule has 0 aliphatic carbocycles. The zero-order valence-electron chi connectivity index (χ0n) is 20.0. The lowest BCUT2D eigenvalue weighted by Crippen LogP contribution is -2.31. The van der Waals surface area contributed by atoms with Gasteiger partial charge < -0.3 is 24.4 Å². The molecule has 0 heterocycles. The van der Waals surface area contributed by atoms with Crippen molar-refractivity contribution >= 4 is 17.5 Å². The van der Waals surface area contributed by atoms with E-state index in [1.807, 2.05) is 37.3 Å². The monoisotopic (exact) mass is 472 g/mol. The van der Waals surface area contributed by atoms with Crippen molar-refractivity contribution in [2.75, 3.05) is 32.7 Å². The van der Waals surface area contributed by atoms with Crippen LogP contribution in [0.25, 0.3) is 0 Å². The van der Waals surface area contributed by atoms with E-state index in [0.29, 0.717) is 35.0 Å². The number of aryl methyl sites for hydroxylation is 1. The van der Waals surface area contributed by atoms with Crippen LogP contribution in [-0.4, -0.2) is 44.1 Å². The molecule has 1 N–H and O–H groups in total. The topological polar surface area (TPSA) is 77.1 Å². The van der Waals surface area contributed by atoms with Crippen molar-refractivity contribution in [2.45, 2.75) is 13.5 Å². The molecule has 3 aromatic carbocycles. The van der Waals surface area contributed by atoms with Crippen molar-refractivity contribution in [3.8, 4) is 29.6 Å². The molecule has 0 aliphatic heterocycles. The van der Waals surface area contributed by atoms with Gasteiger partial charge in [0.25, 0.3) is 11.8 Å². The van der Waals surface area contributed by atoms with Gasteiger partial charge in [0, 0.05) is 12.1 Å². The number of carbonyl (C=O) groups is 2. The second-order valence-corrected chi connectivity index (χ2v) is 7.75. The predicted molar refractivity (Wildman–Crippen MR) is 135 cm³/mol. The summed E-state index contributed by atoms with van der Waals surface area (Å²) in [6, 6.07) is 19.8. The van der Waals surface area contributed by atoms with Gasteiger partial charge in [0.05, 0.1) is 26.5 Å². The SMILES string of the molecule is C#CCN(Cc1ccc(C)cc1)C(=O)c1ccc(OCC(=O)Nc2ccccc2OC)c(OC)c1. The third-order valence-corrected chi connectivity index (χ3v) is 5.21. The first kappa shape index (κ1) is 25.2. The zero-order valence-corrected chi connectivity index (χ0v) is 20.0. The number of para-hydroxylation sites is 2. The van der Waals surface area contributed by atoms with Gasteiger partial charge in [-0.25, -0.2) is 0 Å². The van der Waals surface area contributed by atoms with Crippen molar-refractivity contribution < 1.29 is 23.8 Å². The van der Waals surface area contributed by atoms with E-state index in [0.717, 1.165) is 11.1 Å². The standard InChI is InChI=1S/C28H28N2O5/c1-5-16-30(18-21-12-10-20(2)11-13-21)28(32)22-14-15-25(26(17-22)34-4)35-19-27(31)29-23-8-6-7-9-24(23)33-3/h1,6-15,17H,16,18-19H2,2-4H3,(H,29,31). The first-order valence-corrected chi connectivity index (χ1v) is 11.0. The molecule has 0 aromatic heterocycles. The van der Waals surface area contributed by atoms with Gasteiger partial charge in [-0.15, -0.1) is 6.42 Å². The lowest BCUT2D eigenvalue weighted by atomic mass is 10.1. The summed E-state index contributed by atoms with van der Waals surface area (Å²) in [4.78, 5) is 27.1. The molecule has 2 amide bonds. The van der Waals surface area contributed by atoms with Crippen LogP contribution in [0.5, 0.6) is 17.2 Å². The van der Waals surface area contributed by atoms with Gasteiger partial charge in [-0.05, 0) is 42.8 Å². The number of terminal acetylenes is 1. The Morgan fingerprint density at radius 2 is 1.66 bits per heavy atom. The Kier molecular flexibility index (Phi) is 8.74. The van der Waals surface area contributed by atoms with E-state index in [4.69, 9.17) is 20.6 Å². The highest BCUT2D eigenvalue weighted by atomic mass is 16.5. The fourth-order valence-corrected chi connectivity index (χ4v) is 3.40. The number of hydrogen-bond acceptors (Lipinski definition) is 5. The van der Waals surface area contributed by atoms with Crippen molar-refractivity contribution in [1.29, 1.82) is 0 Å². The van der Waals surface area contributed by atoms with E-state index in [9.17, 15) is 9.59 Å². The van der Waals surface area contributed by atoms with Gasteiger partial charge in [-0.3, -0.25) is 9.59 Å². The van der Waals surface area contributed by atoms with E-state index in [1.165, 1.54) is 14.2 Å². The molecule has 0 bridgehead atoms. The van der Waals surface area contributed by atoms with Crippen LogP contribution in [0.3, 0.4) is 0 Å². The molecule has 35 heavy (non-hydrogen) atoms. The van der Waals surface area contributed by atoms with E-state index in [1.54, 1.807) is 41.3 Å². The molecular formula is C28H28N2O5. The number of rotatable bonds is 10. The molecule has 0 fully saturated rings. The quantitative estimate of drug-likeness (QED) is 0.445. The zero-order chi connectivity index (χ0) is 25.2. The highest BCUT2D eigenvalue weighted by molar-refractivity contribution is 5.95. The van der Waals surface area contributed by atoms with Gasteiger partial charge in [0.15, 0.2) is 18.1 Å². The van der Waals surface area contributed by atoms with Crippen LogP contribution in [0, 0.1) is 19.3 Å². The first-order chi connectivity index (χ1) is 16.9. The molecule has 0 unspecified atom stereocenters. The first-order valence-electron chi connectivity index (χ1n) is 11.0. The summed E-state index contributed by atoms with van der Waals surface area (Å²) in [6.07, 6.45) is 5.51. The number of nitrogens with one attached hydrogen (secondary N) is 1. The number of hydrogen-bond donors (Lipinski definition) is 1.